The number of para-hydroxylation sites is 1. The smallest absolute Gasteiger partial charge is 0.0547 e. The molecule has 12 rings (SSSR count). The molecule has 0 radical (unpaired) electrons. The Morgan fingerprint density at radius 3 is 2.05 bits per heavy atom. The zero-order valence-electron chi connectivity index (χ0n) is 31.7. The summed E-state index contributed by atoms with van der Waals surface area (Å²) >= 11 is 0. The normalized spacial score (nSPS) is 20.0. The molecular formula is C54H43N. The van der Waals surface area contributed by atoms with Crippen molar-refractivity contribution in [2.24, 2.45) is 11.8 Å². The van der Waals surface area contributed by atoms with Gasteiger partial charge in [0.1, 0.15) is 0 Å². The van der Waals surface area contributed by atoms with Gasteiger partial charge in [-0.25, -0.2) is 0 Å². The molecule has 6 aromatic carbocycles. The van der Waals surface area contributed by atoms with E-state index >= 15 is 0 Å². The molecule has 1 heterocycles. The summed E-state index contributed by atoms with van der Waals surface area (Å²) < 4.78 is 2.52. The van der Waals surface area contributed by atoms with Gasteiger partial charge in [-0.15, -0.1) is 0 Å². The van der Waals surface area contributed by atoms with E-state index in [-0.39, 0.29) is 5.41 Å². The van der Waals surface area contributed by atoms with Gasteiger partial charge in [0, 0.05) is 33.7 Å². The molecule has 55 heavy (non-hydrogen) atoms. The van der Waals surface area contributed by atoms with Crippen LogP contribution in [0.5, 0.6) is 0 Å². The van der Waals surface area contributed by atoms with E-state index in [4.69, 9.17) is 0 Å². The van der Waals surface area contributed by atoms with Crippen molar-refractivity contribution in [2.45, 2.75) is 51.4 Å². The molecule has 0 aliphatic heterocycles. The van der Waals surface area contributed by atoms with Gasteiger partial charge in [0.15, 0.2) is 0 Å². The fourth-order valence-electron chi connectivity index (χ4n) is 11.1. The summed E-state index contributed by atoms with van der Waals surface area (Å²) in [7, 11) is 0. The molecule has 7 aromatic rings. The molecule has 5 aliphatic rings. The van der Waals surface area contributed by atoms with Crippen molar-refractivity contribution >= 4 is 38.5 Å². The van der Waals surface area contributed by atoms with E-state index in [0.717, 1.165) is 0 Å². The molecule has 264 valence electrons. The highest BCUT2D eigenvalue weighted by atomic mass is 15.0. The summed E-state index contributed by atoms with van der Waals surface area (Å²) in [4.78, 5) is 0. The van der Waals surface area contributed by atoms with Crippen LogP contribution >= 0.6 is 0 Å². The van der Waals surface area contributed by atoms with E-state index in [9.17, 15) is 0 Å². The standard InChI is InChI=1S/C54H43N/c1-32-12-4-5-15-36(32)43-28-29-47-53(51(43)34-13-10-14-34)46-31-50-45(30-48(46)54(47,2)3)40-18-8-9-21-49(40)55(50)35-24-22-33(23-25-35)37-26-27-44-39-17-7-6-16-38(39)42-20-11-19-41(37)52(42)44/h4-9,11-12,15-31,34,41,52H,10,13-14H2,1-3H3. The van der Waals surface area contributed by atoms with Gasteiger partial charge < -0.3 is 4.57 Å². The van der Waals surface area contributed by atoms with Crippen LogP contribution in [0.2, 0.25) is 0 Å². The van der Waals surface area contributed by atoms with Gasteiger partial charge in [-0.05, 0) is 134 Å². The Bertz CT molecular complexity index is 2930. The summed E-state index contributed by atoms with van der Waals surface area (Å²) in [6.45, 7) is 7.16. The van der Waals surface area contributed by atoms with Crippen LogP contribution < -0.4 is 0 Å². The predicted octanol–water partition coefficient (Wildman–Crippen LogP) is 14.0. The zero-order valence-corrected chi connectivity index (χ0v) is 31.7. The van der Waals surface area contributed by atoms with E-state index in [0.29, 0.717) is 17.8 Å². The van der Waals surface area contributed by atoms with E-state index in [1.165, 1.54) is 119 Å². The first-order valence-corrected chi connectivity index (χ1v) is 20.3. The Balaban J connectivity index is 1.03. The molecule has 2 unspecified atom stereocenters. The third-order valence-corrected chi connectivity index (χ3v) is 14.1. The molecule has 0 amide bonds. The van der Waals surface area contributed by atoms with Crippen LogP contribution in [0.1, 0.15) is 78.0 Å². The number of rotatable bonds is 4. The summed E-state index contributed by atoms with van der Waals surface area (Å²) in [6, 6.07) is 46.4. The predicted molar refractivity (Wildman–Crippen MR) is 232 cm³/mol. The quantitative estimate of drug-likeness (QED) is 0.172. The van der Waals surface area contributed by atoms with Crippen molar-refractivity contribution in [2.75, 3.05) is 0 Å². The average molecular weight is 706 g/mol. The van der Waals surface area contributed by atoms with Gasteiger partial charge >= 0.3 is 0 Å². The van der Waals surface area contributed by atoms with Gasteiger partial charge in [-0.3, -0.25) is 0 Å². The van der Waals surface area contributed by atoms with Crippen molar-refractivity contribution in [3.8, 4) is 27.9 Å². The number of aromatic nitrogens is 1. The topological polar surface area (TPSA) is 4.93 Å². The molecule has 1 fully saturated rings. The van der Waals surface area contributed by atoms with E-state index in [1.807, 2.05) is 0 Å². The Hall–Kier alpha value is -5.92. The first-order chi connectivity index (χ1) is 27.0. The van der Waals surface area contributed by atoms with Crippen molar-refractivity contribution in [1.82, 2.24) is 4.57 Å². The number of allylic oxidation sites excluding steroid dienone is 8. The number of nitrogens with zero attached hydrogens (tertiary/aromatic N) is 1. The molecule has 2 atom stereocenters. The molecule has 1 heteroatoms. The number of aryl methyl sites for hydroxylation is 1. The minimum absolute atomic E-state index is 0.0855. The molecule has 1 nitrogen and oxygen atoms in total. The largest absolute Gasteiger partial charge is 0.309 e. The van der Waals surface area contributed by atoms with Crippen LogP contribution in [0.25, 0.3) is 66.5 Å². The second-order valence-corrected chi connectivity index (χ2v) is 17.1. The fourth-order valence-corrected chi connectivity index (χ4v) is 11.1. The van der Waals surface area contributed by atoms with E-state index in [1.54, 1.807) is 5.56 Å². The van der Waals surface area contributed by atoms with Crippen molar-refractivity contribution < 1.29 is 0 Å². The summed E-state index contributed by atoms with van der Waals surface area (Å²) in [5.74, 6) is 1.33. The fraction of sp³-hybridized carbons (Fsp3) is 0.185. The highest BCUT2D eigenvalue weighted by molar-refractivity contribution is 6.12. The summed E-state index contributed by atoms with van der Waals surface area (Å²) in [5.41, 5.74) is 23.7. The molecule has 1 saturated carbocycles. The molecule has 0 saturated heterocycles. The van der Waals surface area contributed by atoms with Gasteiger partial charge in [0.05, 0.1) is 11.0 Å². The molecule has 0 bridgehead atoms. The molecule has 0 N–H and O–H groups in total. The van der Waals surface area contributed by atoms with Gasteiger partial charge in [0.2, 0.25) is 0 Å². The van der Waals surface area contributed by atoms with Crippen molar-refractivity contribution in [3.05, 3.63) is 191 Å². The molecule has 5 aliphatic carbocycles. The number of benzene rings is 6. The zero-order chi connectivity index (χ0) is 36.6. The lowest BCUT2D eigenvalue weighted by Crippen LogP contribution is -2.18. The van der Waals surface area contributed by atoms with Crippen LogP contribution in [0.4, 0.5) is 0 Å². The van der Waals surface area contributed by atoms with Crippen molar-refractivity contribution in [1.29, 1.82) is 0 Å². The first-order valence-electron chi connectivity index (χ1n) is 20.3. The van der Waals surface area contributed by atoms with Gasteiger partial charge in [-0.1, -0.05) is 142 Å². The highest BCUT2D eigenvalue weighted by Crippen LogP contribution is 2.58. The maximum atomic E-state index is 2.56. The Labute approximate surface area is 323 Å². The summed E-state index contributed by atoms with van der Waals surface area (Å²) in [5, 5.41) is 2.65. The average Bonchev–Trinajstić information content (AvgIpc) is 3.78. The molecule has 1 aromatic heterocycles. The van der Waals surface area contributed by atoms with E-state index < -0.39 is 0 Å². The van der Waals surface area contributed by atoms with Crippen LogP contribution in [-0.2, 0) is 5.41 Å². The maximum absolute atomic E-state index is 2.56. The Morgan fingerprint density at radius 2 is 1.29 bits per heavy atom. The monoisotopic (exact) mass is 705 g/mol. The van der Waals surface area contributed by atoms with Crippen LogP contribution in [0.15, 0.2) is 152 Å². The van der Waals surface area contributed by atoms with Gasteiger partial charge in [-0.2, -0.15) is 0 Å². The summed E-state index contributed by atoms with van der Waals surface area (Å²) in [6.07, 6.45) is 15.7. The van der Waals surface area contributed by atoms with Crippen molar-refractivity contribution in [3.63, 3.8) is 0 Å². The minimum Gasteiger partial charge on any atom is -0.309 e. The lowest BCUT2D eigenvalue weighted by Gasteiger charge is -2.32. The van der Waals surface area contributed by atoms with E-state index in [2.05, 4.69) is 177 Å². The van der Waals surface area contributed by atoms with Crippen LogP contribution in [0, 0.1) is 18.8 Å². The third-order valence-electron chi connectivity index (χ3n) is 14.1. The second kappa shape index (κ2) is 11.3. The number of hydrogen-bond donors (Lipinski definition) is 0. The SMILES string of the molecule is Cc1ccccc1-c1ccc2c(c1C1CCC1)-c1cc3c(cc1C2(C)C)c1ccccc1n3-c1ccc(C2=CC=C3c4ccccc4C4=CC=CC2C43)cc1. The number of hydrogen-bond acceptors (Lipinski definition) is 0. The first kappa shape index (κ1) is 31.4. The molecule has 0 spiro atoms. The van der Waals surface area contributed by atoms with Crippen LogP contribution in [-0.4, -0.2) is 4.57 Å². The molecular weight excluding hydrogens is 663 g/mol. The number of fused-ring (bicyclic) bond motifs is 9. The lowest BCUT2D eigenvalue weighted by molar-refractivity contribution is 0.421. The minimum atomic E-state index is -0.0855. The maximum Gasteiger partial charge on any atom is 0.0547 e. The third kappa shape index (κ3) is 4.25. The highest BCUT2D eigenvalue weighted by Gasteiger charge is 2.42. The lowest BCUT2D eigenvalue weighted by atomic mass is 9.72. The Kier molecular flexibility index (Phi) is 6.46. The van der Waals surface area contributed by atoms with Crippen LogP contribution in [0.3, 0.4) is 0 Å². The Morgan fingerprint density at radius 1 is 0.582 bits per heavy atom. The second-order valence-electron chi connectivity index (χ2n) is 17.1. The van der Waals surface area contributed by atoms with Gasteiger partial charge in [0.25, 0.3) is 0 Å².